The van der Waals surface area contributed by atoms with Gasteiger partial charge in [-0.1, -0.05) is 35.9 Å². The highest BCUT2D eigenvalue weighted by Gasteiger charge is 2.29. The molecule has 26 heavy (non-hydrogen) atoms. The Morgan fingerprint density at radius 1 is 1.15 bits per heavy atom. The minimum Gasteiger partial charge on any atom is -0.488 e. The summed E-state index contributed by atoms with van der Waals surface area (Å²) in [6.07, 6.45) is 3.86. The van der Waals surface area contributed by atoms with E-state index < -0.39 is 0 Å². The lowest BCUT2D eigenvalue weighted by Gasteiger charge is -2.17. The fourth-order valence-electron chi connectivity index (χ4n) is 3.19. The molecule has 1 aliphatic rings. The molecule has 0 spiro atoms. The van der Waals surface area contributed by atoms with Crippen molar-refractivity contribution in [3.05, 3.63) is 77.1 Å². The third-order valence-electron chi connectivity index (χ3n) is 4.60. The smallest absolute Gasteiger partial charge is 0.231 e. The van der Waals surface area contributed by atoms with Crippen LogP contribution >= 0.6 is 11.6 Å². The summed E-state index contributed by atoms with van der Waals surface area (Å²) in [6, 6.07) is 15.4. The molecule has 130 valence electrons. The van der Waals surface area contributed by atoms with Gasteiger partial charge in [0.05, 0.1) is 12.1 Å². The second-order valence-electron chi connectivity index (χ2n) is 6.19. The van der Waals surface area contributed by atoms with Crippen molar-refractivity contribution in [3.8, 4) is 16.9 Å². The van der Waals surface area contributed by atoms with Crippen molar-refractivity contribution in [1.82, 2.24) is 4.98 Å². The number of aromatic nitrogens is 1. The molecule has 2 heterocycles. The fraction of sp³-hybridized carbons (Fsp3) is 0.143. The van der Waals surface area contributed by atoms with Gasteiger partial charge in [-0.2, -0.15) is 0 Å². The zero-order valence-electron chi connectivity index (χ0n) is 14.3. The SMILES string of the molecule is CN1C(=O)Cc2c1ccc(-c1cccnc1)c2OCc1ccccc1Cl. The van der Waals surface area contributed by atoms with Crippen LogP contribution in [0.4, 0.5) is 5.69 Å². The first-order valence-corrected chi connectivity index (χ1v) is 8.72. The predicted octanol–water partition coefficient (Wildman–Crippen LogP) is 4.50. The highest BCUT2D eigenvalue weighted by molar-refractivity contribution is 6.31. The normalized spacial score (nSPS) is 13.0. The van der Waals surface area contributed by atoms with Gasteiger partial charge in [-0.25, -0.2) is 0 Å². The molecule has 0 fully saturated rings. The van der Waals surface area contributed by atoms with Gasteiger partial charge in [-0.05, 0) is 24.3 Å². The molecule has 1 aromatic heterocycles. The van der Waals surface area contributed by atoms with Gasteiger partial charge in [0, 0.05) is 46.7 Å². The maximum absolute atomic E-state index is 12.2. The van der Waals surface area contributed by atoms with Gasteiger partial charge < -0.3 is 9.64 Å². The Balaban J connectivity index is 1.78. The molecule has 0 aliphatic carbocycles. The lowest BCUT2D eigenvalue weighted by Crippen LogP contribution is -2.20. The predicted molar refractivity (Wildman–Crippen MR) is 103 cm³/mol. The van der Waals surface area contributed by atoms with Crippen LogP contribution in [-0.4, -0.2) is 17.9 Å². The highest BCUT2D eigenvalue weighted by atomic mass is 35.5. The van der Waals surface area contributed by atoms with Crippen LogP contribution in [-0.2, 0) is 17.8 Å². The standard InChI is InChI=1S/C21H17ClN2O2/c1-24-19-9-8-16(14-6-4-10-23-12-14)21(17(19)11-20(24)25)26-13-15-5-2-3-7-18(15)22/h2-10,12H,11,13H2,1H3. The van der Waals surface area contributed by atoms with Gasteiger partial charge in [0.2, 0.25) is 5.91 Å². The summed E-state index contributed by atoms with van der Waals surface area (Å²) in [6.45, 7) is 0.335. The van der Waals surface area contributed by atoms with Crippen molar-refractivity contribution < 1.29 is 9.53 Å². The van der Waals surface area contributed by atoms with E-state index in [2.05, 4.69) is 4.98 Å². The van der Waals surface area contributed by atoms with Crippen LogP contribution in [0.1, 0.15) is 11.1 Å². The molecule has 4 nitrogen and oxygen atoms in total. The van der Waals surface area contributed by atoms with Crippen LogP contribution < -0.4 is 9.64 Å². The second-order valence-corrected chi connectivity index (χ2v) is 6.60. The number of amides is 1. The fourth-order valence-corrected chi connectivity index (χ4v) is 3.38. The van der Waals surface area contributed by atoms with Crippen molar-refractivity contribution in [2.75, 3.05) is 11.9 Å². The summed E-state index contributed by atoms with van der Waals surface area (Å²) >= 11 is 6.26. The van der Waals surface area contributed by atoms with E-state index in [4.69, 9.17) is 16.3 Å². The van der Waals surface area contributed by atoms with Crippen LogP contribution in [0.3, 0.4) is 0 Å². The van der Waals surface area contributed by atoms with Gasteiger partial charge >= 0.3 is 0 Å². The highest BCUT2D eigenvalue weighted by Crippen LogP contribution is 2.42. The van der Waals surface area contributed by atoms with E-state index in [0.29, 0.717) is 23.8 Å². The zero-order valence-corrected chi connectivity index (χ0v) is 15.0. The van der Waals surface area contributed by atoms with E-state index in [1.165, 1.54) is 0 Å². The first-order chi connectivity index (χ1) is 12.6. The van der Waals surface area contributed by atoms with E-state index in [0.717, 1.165) is 27.9 Å². The number of likely N-dealkylation sites (N-methyl/N-ethyl adjacent to an activating group) is 1. The minimum atomic E-state index is 0.0610. The van der Waals surface area contributed by atoms with E-state index in [1.807, 2.05) is 48.5 Å². The second kappa shape index (κ2) is 6.81. The van der Waals surface area contributed by atoms with Crippen LogP contribution in [0.5, 0.6) is 5.75 Å². The molecule has 1 aliphatic heterocycles. The summed E-state index contributed by atoms with van der Waals surface area (Å²) in [5, 5.41) is 0.663. The molecule has 0 unspecified atom stereocenters. The van der Waals surface area contributed by atoms with Crippen molar-refractivity contribution in [2.45, 2.75) is 13.0 Å². The summed E-state index contributed by atoms with van der Waals surface area (Å²) < 4.78 is 6.21. The number of ether oxygens (including phenoxy) is 1. The number of fused-ring (bicyclic) bond motifs is 1. The Labute approximate surface area is 157 Å². The third kappa shape index (κ3) is 2.93. The maximum atomic E-state index is 12.2. The molecular weight excluding hydrogens is 348 g/mol. The molecule has 0 saturated heterocycles. The van der Waals surface area contributed by atoms with Crippen LogP contribution in [0.25, 0.3) is 11.1 Å². The zero-order chi connectivity index (χ0) is 18.1. The van der Waals surface area contributed by atoms with E-state index in [9.17, 15) is 4.79 Å². The third-order valence-corrected chi connectivity index (χ3v) is 4.97. The van der Waals surface area contributed by atoms with Crippen molar-refractivity contribution in [2.24, 2.45) is 0 Å². The number of halogens is 1. The lowest BCUT2D eigenvalue weighted by atomic mass is 10.0. The Morgan fingerprint density at radius 2 is 2.00 bits per heavy atom. The Morgan fingerprint density at radius 3 is 2.77 bits per heavy atom. The van der Waals surface area contributed by atoms with Gasteiger partial charge in [0.1, 0.15) is 12.4 Å². The number of hydrogen-bond acceptors (Lipinski definition) is 3. The Hall–Kier alpha value is -2.85. The molecule has 0 bridgehead atoms. The number of carbonyl (C=O) groups is 1. The molecule has 2 aromatic carbocycles. The van der Waals surface area contributed by atoms with Crippen LogP contribution in [0.2, 0.25) is 5.02 Å². The summed E-state index contributed by atoms with van der Waals surface area (Å²) in [4.78, 5) is 18.1. The number of carbonyl (C=O) groups excluding carboxylic acids is 1. The van der Waals surface area contributed by atoms with E-state index in [-0.39, 0.29) is 5.91 Å². The average Bonchev–Trinajstić information content (AvgIpc) is 2.96. The van der Waals surface area contributed by atoms with Gasteiger partial charge in [-0.3, -0.25) is 9.78 Å². The molecule has 3 aromatic rings. The average molecular weight is 365 g/mol. The van der Waals surface area contributed by atoms with Gasteiger partial charge in [0.15, 0.2) is 0 Å². The summed E-state index contributed by atoms with van der Waals surface area (Å²) in [5.74, 6) is 0.777. The molecule has 0 saturated carbocycles. The van der Waals surface area contributed by atoms with Crippen LogP contribution in [0.15, 0.2) is 60.9 Å². The Bertz CT molecular complexity index is 973. The van der Waals surface area contributed by atoms with E-state index in [1.54, 1.807) is 24.3 Å². The van der Waals surface area contributed by atoms with Gasteiger partial charge in [0.25, 0.3) is 0 Å². The maximum Gasteiger partial charge on any atom is 0.231 e. The summed E-state index contributed by atoms with van der Waals surface area (Å²) in [7, 11) is 1.79. The topological polar surface area (TPSA) is 42.4 Å². The number of pyridine rings is 1. The first kappa shape index (κ1) is 16.6. The number of hydrogen-bond donors (Lipinski definition) is 0. The lowest BCUT2D eigenvalue weighted by molar-refractivity contribution is -0.117. The minimum absolute atomic E-state index is 0.0610. The molecule has 0 radical (unpaired) electrons. The monoisotopic (exact) mass is 364 g/mol. The number of rotatable bonds is 4. The molecule has 0 atom stereocenters. The largest absolute Gasteiger partial charge is 0.488 e. The van der Waals surface area contributed by atoms with Crippen molar-refractivity contribution >= 4 is 23.2 Å². The van der Waals surface area contributed by atoms with Gasteiger partial charge in [-0.15, -0.1) is 0 Å². The Kier molecular flexibility index (Phi) is 4.35. The quantitative estimate of drug-likeness (QED) is 0.684. The summed E-state index contributed by atoms with van der Waals surface area (Å²) in [5.41, 5.74) is 4.57. The first-order valence-electron chi connectivity index (χ1n) is 8.34. The molecular formula is C21H17ClN2O2. The molecule has 4 rings (SSSR count). The molecule has 0 N–H and O–H groups in total. The number of benzene rings is 2. The number of anilines is 1. The van der Waals surface area contributed by atoms with Crippen molar-refractivity contribution in [1.29, 1.82) is 0 Å². The number of nitrogens with zero attached hydrogens (tertiary/aromatic N) is 2. The molecule has 1 amide bonds. The van der Waals surface area contributed by atoms with E-state index >= 15 is 0 Å². The van der Waals surface area contributed by atoms with Crippen LogP contribution in [0, 0.1) is 0 Å². The van der Waals surface area contributed by atoms with Crippen molar-refractivity contribution in [3.63, 3.8) is 0 Å². The molecule has 5 heteroatoms.